The largest absolute Gasteiger partial charge is 0.395 e. The summed E-state index contributed by atoms with van der Waals surface area (Å²) >= 11 is 0. The second kappa shape index (κ2) is 6.23. The first kappa shape index (κ1) is 12.7. The molecular formula is C12H23NO2. The SMILES string of the molecule is CC(C)N(CCO)CCC1CCCC1=O. The topological polar surface area (TPSA) is 40.5 Å². The van der Waals surface area contributed by atoms with Crippen LogP contribution in [0.25, 0.3) is 0 Å². The van der Waals surface area contributed by atoms with Crippen LogP contribution in [0.1, 0.15) is 39.5 Å². The summed E-state index contributed by atoms with van der Waals surface area (Å²) in [5, 5.41) is 8.92. The molecule has 1 fully saturated rings. The van der Waals surface area contributed by atoms with E-state index in [9.17, 15) is 4.79 Å². The summed E-state index contributed by atoms with van der Waals surface area (Å²) < 4.78 is 0. The Balaban J connectivity index is 2.29. The molecule has 88 valence electrons. The van der Waals surface area contributed by atoms with Gasteiger partial charge in [-0.2, -0.15) is 0 Å². The number of rotatable bonds is 6. The van der Waals surface area contributed by atoms with E-state index in [4.69, 9.17) is 5.11 Å². The summed E-state index contributed by atoms with van der Waals surface area (Å²) in [5.74, 6) is 0.743. The molecule has 15 heavy (non-hydrogen) atoms. The van der Waals surface area contributed by atoms with Crippen molar-refractivity contribution in [1.29, 1.82) is 0 Å². The van der Waals surface area contributed by atoms with Gasteiger partial charge >= 0.3 is 0 Å². The quantitative estimate of drug-likeness (QED) is 0.726. The van der Waals surface area contributed by atoms with E-state index in [0.29, 0.717) is 17.7 Å². The molecule has 1 aliphatic carbocycles. The van der Waals surface area contributed by atoms with Gasteiger partial charge in [0.25, 0.3) is 0 Å². The molecule has 0 heterocycles. The molecule has 1 rings (SSSR count). The van der Waals surface area contributed by atoms with Crippen LogP contribution in [0.3, 0.4) is 0 Å². The number of aliphatic hydroxyl groups excluding tert-OH is 1. The highest BCUT2D eigenvalue weighted by atomic mass is 16.3. The maximum Gasteiger partial charge on any atom is 0.136 e. The highest BCUT2D eigenvalue weighted by Crippen LogP contribution is 2.24. The van der Waals surface area contributed by atoms with Gasteiger partial charge in [-0.25, -0.2) is 0 Å². The van der Waals surface area contributed by atoms with Gasteiger partial charge in [-0.05, 0) is 39.7 Å². The lowest BCUT2D eigenvalue weighted by Gasteiger charge is -2.26. The van der Waals surface area contributed by atoms with E-state index in [0.717, 1.165) is 38.8 Å². The van der Waals surface area contributed by atoms with E-state index >= 15 is 0 Å². The predicted octanol–water partition coefficient (Wildman–Crippen LogP) is 1.45. The van der Waals surface area contributed by atoms with Crippen LogP contribution in [0.4, 0.5) is 0 Å². The maximum absolute atomic E-state index is 11.4. The number of nitrogens with zero attached hydrogens (tertiary/aromatic N) is 1. The van der Waals surface area contributed by atoms with E-state index < -0.39 is 0 Å². The standard InChI is InChI=1S/C12H23NO2/c1-10(2)13(8-9-14)7-6-11-4-3-5-12(11)15/h10-11,14H,3-9H2,1-2H3. The lowest BCUT2D eigenvalue weighted by molar-refractivity contribution is -0.120. The number of Topliss-reactive ketones (excluding diaryl/α,β-unsaturated/α-hetero) is 1. The number of carbonyl (C=O) groups is 1. The van der Waals surface area contributed by atoms with Gasteiger partial charge in [-0.15, -0.1) is 0 Å². The Morgan fingerprint density at radius 3 is 2.67 bits per heavy atom. The molecule has 1 N–H and O–H groups in total. The van der Waals surface area contributed by atoms with Crippen LogP contribution < -0.4 is 0 Å². The Morgan fingerprint density at radius 1 is 1.47 bits per heavy atom. The summed E-state index contributed by atoms with van der Waals surface area (Å²) in [7, 11) is 0. The van der Waals surface area contributed by atoms with E-state index in [1.54, 1.807) is 0 Å². The third-order valence-corrected chi connectivity index (χ3v) is 3.31. The van der Waals surface area contributed by atoms with Crippen LogP contribution in [0, 0.1) is 5.92 Å². The highest BCUT2D eigenvalue weighted by molar-refractivity contribution is 5.82. The molecule has 3 heteroatoms. The van der Waals surface area contributed by atoms with Crippen molar-refractivity contribution in [2.24, 2.45) is 5.92 Å². The number of carbonyl (C=O) groups excluding carboxylic acids is 1. The van der Waals surface area contributed by atoms with Crippen molar-refractivity contribution in [1.82, 2.24) is 4.90 Å². The molecule has 3 nitrogen and oxygen atoms in total. The van der Waals surface area contributed by atoms with E-state index in [-0.39, 0.29) is 6.61 Å². The van der Waals surface area contributed by atoms with Crippen molar-refractivity contribution < 1.29 is 9.90 Å². The Bertz CT molecular complexity index is 204. The second-order valence-corrected chi connectivity index (χ2v) is 4.70. The van der Waals surface area contributed by atoms with Crippen molar-refractivity contribution in [2.75, 3.05) is 19.7 Å². The monoisotopic (exact) mass is 213 g/mol. The van der Waals surface area contributed by atoms with Gasteiger partial charge in [0.1, 0.15) is 5.78 Å². The summed E-state index contributed by atoms with van der Waals surface area (Å²) in [6.07, 6.45) is 3.90. The molecular weight excluding hydrogens is 190 g/mol. The van der Waals surface area contributed by atoms with Crippen LogP contribution >= 0.6 is 0 Å². The fourth-order valence-electron chi connectivity index (χ4n) is 2.27. The zero-order valence-electron chi connectivity index (χ0n) is 9.91. The molecule has 0 aromatic rings. The minimum absolute atomic E-state index is 0.205. The summed E-state index contributed by atoms with van der Waals surface area (Å²) in [5.41, 5.74) is 0. The fraction of sp³-hybridized carbons (Fsp3) is 0.917. The van der Waals surface area contributed by atoms with Crippen LogP contribution in [0.2, 0.25) is 0 Å². The predicted molar refractivity (Wildman–Crippen MR) is 60.8 cm³/mol. The zero-order valence-corrected chi connectivity index (χ0v) is 9.91. The van der Waals surface area contributed by atoms with E-state index in [2.05, 4.69) is 18.7 Å². The molecule has 1 saturated carbocycles. The second-order valence-electron chi connectivity index (χ2n) is 4.70. The Hall–Kier alpha value is -0.410. The minimum Gasteiger partial charge on any atom is -0.395 e. The summed E-state index contributed by atoms with van der Waals surface area (Å²) in [6.45, 7) is 6.13. The van der Waals surface area contributed by atoms with Gasteiger partial charge in [0, 0.05) is 24.9 Å². The fourth-order valence-corrected chi connectivity index (χ4v) is 2.27. The molecule has 0 radical (unpaired) electrons. The molecule has 1 aliphatic rings. The first-order valence-electron chi connectivity index (χ1n) is 6.02. The van der Waals surface area contributed by atoms with Gasteiger partial charge in [-0.1, -0.05) is 0 Å². The normalized spacial score (nSPS) is 21.9. The van der Waals surface area contributed by atoms with Crippen LogP contribution in [-0.4, -0.2) is 41.5 Å². The molecule has 0 aromatic heterocycles. The molecule has 1 atom stereocenters. The molecule has 0 aromatic carbocycles. The van der Waals surface area contributed by atoms with Gasteiger partial charge in [0.05, 0.1) is 6.61 Å². The summed E-state index contributed by atoms with van der Waals surface area (Å²) in [4.78, 5) is 13.7. The van der Waals surface area contributed by atoms with Crippen molar-refractivity contribution in [2.45, 2.75) is 45.6 Å². The first-order valence-corrected chi connectivity index (χ1v) is 6.02. The third kappa shape index (κ3) is 3.92. The lowest BCUT2D eigenvalue weighted by atomic mass is 10.0. The first-order chi connectivity index (χ1) is 7.15. The average Bonchev–Trinajstić information content (AvgIpc) is 2.58. The Morgan fingerprint density at radius 2 is 2.20 bits per heavy atom. The molecule has 0 aliphatic heterocycles. The van der Waals surface area contributed by atoms with Crippen molar-refractivity contribution >= 4 is 5.78 Å². The molecule has 0 amide bonds. The average molecular weight is 213 g/mol. The molecule has 1 unspecified atom stereocenters. The van der Waals surface area contributed by atoms with Gasteiger partial charge < -0.3 is 5.11 Å². The molecule has 0 bridgehead atoms. The number of ketones is 1. The van der Waals surface area contributed by atoms with Gasteiger partial charge in [-0.3, -0.25) is 9.69 Å². The number of hydrogen-bond donors (Lipinski definition) is 1. The summed E-state index contributed by atoms with van der Waals surface area (Å²) in [6, 6.07) is 0.452. The number of aliphatic hydroxyl groups is 1. The van der Waals surface area contributed by atoms with Gasteiger partial charge in [0.15, 0.2) is 0 Å². The maximum atomic E-state index is 11.4. The van der Waals surface area contributed by atoms with Gasteiger partial charge in [0.2, 0.25) is 0 Å². The van der Waals surface area contributed by atoms with Crippen molar-refractivity contribution in [3.05, 3.63) is 0 Å². The van der Waals surface area contributed by atoms with E-state index in [1.165, 1.54) is 0 Å². The van der Waals surface area contributed by atoms with E-state index in [1.807, 2.05) is 0 Å². The van der Waals surface area contributed by atoms with Crippen LogP contribution in [-0.2, 0) is 4.79 Å². The Kier molecular flexibility index (Phi) is 5.26. The highest BCUT2D eigenvalue weighted by Gasteiger charge is 2.24. The Labute approximate surface area is 92.5 Å². The number of hydrogen-bond acceptors (Lipinski definition) is 3. The van der Waals surface area contributed by atoms with Crippen molar-refractivity contribution in [3.63, 3.8) is 0 Å². The smallest absolute Gasteiger partial charge is 0.136 e. The lowest BCUT2D eigenvalue weighted by Crippen LogP contribution is -2.35. The van der Waals surface area contributed by atoms with Crippen molar-refractivity contribution in [3.8, 4) is 0 Å². The van der Waals surface area contributed by atoms with Crippen LogP contribution in [0.5, 0.6) is 0 Å². The minimum atomic E-state index is 0.205. The third-order valence-electron chi connectivity index (χ3n) is 3.31. The zero-order chi connectivity index (χ0) is 11.3. The molecule has 0 spiro atoms. The molecule has 0 saturated heterocycles. The van der Waals surface area contributed by atoms with Crippen LogP contribution in [0.15, 0.2) is 0 Å².